The number of carbonyl (C=O) groups excluding carboxylic acids is 4. The van der Waals surface area contributed by atoms with Crippen molar-refractivity contribution in [2.75, 3.05) is 0 Å². The van der Waals surface area contributed by atoms with Crippen molar-refractivity contribution in [1.29, 1.82) is 0 Å². The van der Waals surface area contributed by atoms with E-state index in [1.807, 2.05) is 159 Å². The number of ether oxygens (including phenoxy) is 4. The molecule has 4 heterocycles. The molecular formula is C114H148N8O8Y4-4. The van der Waals surface area contributed by atoms with E-state index in [1.165, 1.54) is 79.2 Å². The Hall–Kier alpha value is -8.14. The van der Waals surface area contributed by atoms with Gasteiger partial charge in [0.15, 0.2) is 22.4 Å². The summed E-state index contributed by atoms with van der Waals surface area (Å²) in [6.45, 7) is 46.7. The molecule has 0 aliphatic carbocycles. The third-order valence-electron chi connectivity index (χ3n) is 21.1. The van der Waals surface area contributed by atoms with E-state index >= 15 is 0 Å². The third kappa shape index (κ3) is 45.0. The Morgan fingerprint density at radius 3 is 0.754 bits per heavy atom. The Bertz CT molecular complexity index is 4780. The van der Waals surface area contributed by atoms with Gasteiger partial charge < -0.3 is 55.1 Å². The number of hydrogen-bond acceptors (Lipinski definition) is 12. The zero-order valence-electron chi connectivity index (χ0n) is 84.7. The minimum absolute atomic E-state index is 0. The van der Waals surface area contributed by atoms with E-state index < -0.39 is 22.4 Å². The molecular weight excluding hydrogens is 1960 g/mol. The van der Waals surface area contributed by atoms with Crippen molar-refractivity contribution < 1.29 is 169 Å². The molecule has 20 heteroatoms. The average Bonchev–Trinajstić information content (AvgIpc) is 0.851. The molecule has 0 bridgehead atoms. The summed E-state index contributed by atoms with van der Waals surface area (Å²) in [5, 5.41) is 12.7. The number of aromatic nitrogens is 4. The molecule has 0 aliphatic rings. The number of pyridine rings is 4. The van der Waals surface area contributed by atoms with Crippen molar-refractivity contribution in [1.82, 2.24) is 41.2 Å². The monoisotopic (exact) mass is 2110 g/mol. The first-order valence-electron chi connectivity index (χ1n) is 45.3. The second-order valence-electron chi connectivity index (χ2n) is 32.9. The molecule has 0 fully saturated rings. The van der Waals surface area contributed by atoms with Crippen molar-refractivity contribution in [2.45, 2.75) is 262 Å². The SMILES string of the molecule is CC.CC.CC.CC.CC(NC(=O)C(C)(C)Oc1cc[c-]cn1)C(Cc1ccccc1)c1ccccc1.CC(NC(=O)C(C)(C)Oc1ccccn1)C(Cc1ccccc1)c1ccccc1.Cc1ccc(CC(c2cccc(C)c2)C(C)NC(=O)C(C)(C)Oc2cc[c-]cn2)cc1.Cc1ccc(CC(c2cccc(C)c2)C(C)NC(=O)C(C)(C)Oc2ccccn2)cc1.[CH3-].[CH3-].[Y].[Y].[Y].[Y]. The number of benzene rings is 8. The van der Waals surface area contributed by atoms with Crippen LogP contribution in [0.5, 0.6) is 23.5 Å². The van der Waals surface area contributed by atoms with Crippen LogP contribution in [0.3, 0.4) is 0 Å². The van der Waals surface area contributed by atoms with Crippen molar-refractivity contribution in [3.8, 4) is 23.5 Å². The summed E-state index contributed by atoms with van der Waals surface area (Å²) in [6, 6.07) is 98.6. The first-order valence-corrected chi connectivity index (χ1v) is 45.3. The van der Waals surface area contributed by atoms with Crippen LogP contribution < -0.4 is 40.2 Å². The third-order valence-corrected chi connectivity index (χ3v) is 21.1. The number of amides is 4. The van der Waals surface area contributed by atoms with E-state index in [0.717, 1.165) is 25.7 Å². The van der Waals surface area contributed by atoms with Crippen molar-refractivity contribution >= 4 is 23.6 Å². The Labute approximate surface area is 907 Å². The molecule has 0 aliphatic heterocycles. The molecule has 16 nitrogen and oxygen atoms in total. The summed E-state index contributed by atoms with van der Waals surface area (Å²) in [5.74, 6) is 1.57. The maximum absolute atomic E-state index is 13.1. The topological polar surface area (TPSA) is 205 Å². The van der Waals surface area contributed by atoms with Crippen LogP contribution in [0.1, 0.15) is 229 Å². The fourth-order valence-corrected chi connectivity index (χ4v) is 13.9. The molecule has 4 amide bonds. The molecule has 134 heavy (non-hydrogen) atoms. The molecule has 8 atom stereocenters. The number of hydrogen-bond donors (Lipinski definition) is 4. The van der Waals surface area contributed by atoms with Gasteiger partial charge in [0, 0.05) is 203 Å². The molecule has 8 aromatic carbocycles. The molecule has 0 saturated carbocycles. The molecule has 4 radical (unpaired) electrons. The quantitative estimate of drug-likeness (QED) is 0.0291. The summed E-state index contributed by atoms with van der Waals surface area (Å²) in [5.41, 5.74) is 10.5. The Morgan fingerprint density at radius 1 is 0.284 bits per heavy atom. The molecule has 12 aromatic rings. The second-order valence-corrected chi connectivity index (χ2v) is 32.9. The van der Waals surface area contributed by atoms with E-state index in [0.29, 0.717) is 23.5 Å². The van der Waals surface area contributed by atoms with Crippen molar-refractivity contribution in [3.63, 3.8) is 0 Å². The molecule has 708 valence electrons. The van der Waals surface area contributed by atoms with Gasteiger partial charge >= 0.3 is 0 Å². The summed E-state index contributed by atoms with van der Waals surface area (Å²) < 4.78 is 23.4. The Kier molecular flexibility index (Phi) is 64.9. The summed E-state index contributed by atoms with van der Waals surface area (Å²) in [6.07, 6.45) is 9.71. The second kappa shape index (κ2) is 68.0. The Morgan fingerprint density at radius 2 is 0.515 bits per heavy atom. The van der Waals surface area contributed by atoms with Crippen LogP contribution >= 0.6 is 0 Å². The van der Waals surface area contributed by atoms with Crippen LogP contribution in [0.4, 0.5) is 0 Å². The maximum atomic E-state index is 13.1. The first-order chi connectivity index (χ1) is 61.4. The van der Waals surface area contributed by atoms with Gasteiger partial charge in [0.2, 0.25) is 11.8 Å². The van der Waals surface area contributed by atoms with Gasteiger partial charge in [-0.2, -0.15) is 0 Å². The first kappa shape index (κ1) is 128. The number of carbonyl (C=O) groups is 4. The van der Waals surface area contributed by atoms with E-state index in [-0.39, 0.29) is 217 Å². The van der Waals surface area contributed by atoms with Crippen LogP contribution in [0.15, 0.2) is 304 Å². The molecule has 0 saturated heterocycles. The van der Waals surface area contributed by atoms with Gasteiger partial charge in [-0.3, -0.25) is 29.1 Å². The van der Waals surface area contributed by atoms with Gasteiger partial charge in [-0.1, -0.05) is 321 Å². The summed E-state index contributed by atoms with van der Waals surface area (Å²) >= 11 is 0. The smallest absolute Gasteiger partial charge is 0.263 e. The maximum Gasteiger partial charge on any atom is 0.263 e. The zero-order valence-corrected chi connectivity index (χ0v) is 96.0. The number of nitrogens with one attached hydrogen (secondary N) is 4. The van der Waals surface area contributed by atoms with Crippen LogP contribution in [-0.4, -0.2) is 90.1 Å². The van der Waals surface area contributed by atoms with Crippen LogP contribution in [0, 0.1) is 54.7 Å². The van der Waals surface area contributed by atoms with E-state index in [1.54, 1.807) is 104 Å². The van der Waals surface area contributed by atoms with Gasteiger partial charge in [0.1, 0.15) is 11.8 Å². The van der Waals surface area contributed by atoms with Gasteiger partial charge in [0.05, 0.1) is 0 Å². The van der Waals surface area contributed by atoms with E-state index in [9.17, 15) is 19.2 Å². The minimum Gasteiger partial charge on any atom is -0.478 e. The normalized spacial score (nSPS) is 12.1. The standard InChI is InChI=1S/C27H32N2O2.C27H31N2O2.C25H28N2O2.C25H27N2O2.4C2H6.2CH3.4Y/c2*1-19-12-14-22(15-13-19)18-24(23-10-8-9-20(2)17-23)21(3)29-26(30)27(4,5)31-25-11-6-7-16-28-25;2*1-19(27-24(28)25(2,3)29-23-16-10-11-17-26-23)22(21-14-8-5-9-15-21)18-20-12-6-4-7-13-20;4*1-2;;;;;;/h6-17,21,24H,18H2,1-5H3,(H,29,30);6,8-17,21,24H,18H2,1-5H3,(H,29,30);4-17,19,22H,18H2,1-3H3,(H,27,28);4-10,12-17,19,22H,18H2,1-3H3,(H,27,28);4*1-2H3;2*1H3;;;;/q;-1;;-1;;;;;2*-1;;;;. The number of rotatable bonds is 32. The van der Waals surface area contributed by atoms with E-state index in [4.69, 9.17) is 18.9 Å². The van der Waals surface area contributed by atoms with Crippen LogP contribution in [-0.2, 0) is 176 Å². The summed E-state index contributed by atoms with van der Waals surface area (Å²) in [7, 11) is 0. The molecule has 4 aromatic heterocycles. The minimum atomic E-state index is -1.05. The molecule has 12 rings (SSSR count). The van der Waals surface area contributed by atoms with Gasteiger partial charge in [-0.25, -0.2) is 34.2 Å². The van der Waals surface area contributed by atoms with Crippen LogP contribution in [0.25, 0.3) is 0 Å². The van der Waals surface area contributed by atoms with Crippen LogP contribution in [0.2, 0.25) is 0 Å². The number of aryl methyl sites for hydroxylation is 4. The van der Waals surface area contributed by atoms with Crippen molar-refractivity contribution in [2.24, 2.45) is 0 Å². The molecule has 4 N–H and O–H groups in total. The largest absolute Gasteiger partial charge is 0.478 e. The number of nitrogens with zero attached hydrogens (tertiary/aromatic N) is 4. The van der Waals surface area contributed by atoms with Gasteiger partial charge in [-0.15, -0.1) is 12.1 Å². The predicted octanol–water partition coefficient (Wildman–Crippen LogP) is 24.9. The predicted molar refractivity (Wildman–Crippen MR) is 538 cm³/mol. The summed E-state index contributed by atoms with van der Waals surface area (Å²) in [4.78, 5) is 68.8. The van der Waals surface area contributed by atoms with Gasteiger partial charge in [-0.05, 0) is 193 Å². The molecule has 8 unspecified atom stereocenters. The average molecular weight is 2110 g/mol. The van der Waals surface area contributed by atoms with E-state index in [2.05, 4.69) is 247 Å². The van der Waals surface area contributed by atoms with Gasteiger partial charge in [0.25, 0.3) is 23.6 Å². The Balaban J connectivity index is 0. The van der Waals surface area contributed by atoms with Crippen molar-refractivity contribution in [3.05, 3.63) is 398 Å². The fourth-order valence-electron chi connectivity index (χ4n) is 13.9. The fraction of sp³-hybridized carbons (Fsp3) is 0.351. The zero-order chi connectivity index (χ0) is 94.2. The molecule has 0 spiro atoms.